The number of aliphatic imine (C=N–C) groups is 1. The summed E-state index contributed by atoms with van der Waals surface area (Å²) in [5.74, 6) is 1.87. The zero-order valence-electron chi connectivity index (χ0n) is 12.8. The Labute approximate surface area is 138 Å². The predicted octanol–water partition coefficient (Wildman–Crippen LogP) is 1.63. The third kappa shape index (κ3) is 4.32. The molecule has 6 nitrogen and oxygen atoms in total. The fourth-order valence-electron chi connectivity index (χ4n) is 2.33. The maximum atomic E-state index is 4.67. The molecule has 1 aliphatic rings. The zero-order valence-corrected chi connectivity index (χ0v) is 15.1. The topological polar surface area (TPSA) is 58.3 Å². The van der Waals surface area contributed by atoms with E-state index in [1.54, 1.807) is 11.0 Å². The van der Waals surface area contributed by atoms with Gasteiger partial charge in [-0.25, -0.2) is 9.98 Å². The average Bonchev–Trinajstić information content (AvgIpc) is 2.91. The van der Waals surface area contributed by atoms with Crippen molar-refractivity contribution in [2.24, 2.45) is 17.5 Å². The number of rotatable bonds is 3. The van der Waals surface area contributed by atoms with Crippen molar-refractivity contribution in [3.05, 3.63) is 12.2 Å². The Morgan fingerprint density at radius 2 is 2.25 bits per heavy atom. The Morgan fingerprint density at radius 1 is 1.50 bits per heavy atom. The fraction of sp³-hybridized carbons (Fsp3) is 0.769. The number of hydrogen-bond acceptors (Lipinski definition) is 3. The second-order valence-electron chi connectivity index (χ2n) is 5.81. The van der Waals surface area contributed by atoms with E-state index in [0.29, 0.717) is 12.0 Å². The monoisotopic (exact) mass is 392 g/mol. The smallest absolute Gasteiger partial charge is 0.194 e. The van der Waals surface area contributed by atoms with Crippen LogP contribution < -0.4 is 5.32 Å². The minimum atomic E-state index is 0. The summed E-state index contributed by atoms with van der Waals surface area (Å²) in [7, 11) is 1.89. The molecule has 1 aliphatic heterocycles. The van der Waals surface area contributed by atoms with E-state index in [4.69, 9.17) is 0 Å². The first-order valence-corrected chi connectivity index (χ1v) is 6.88. The van der Waals surface area contributed by atoms with Crippen molar-refractivity contribution in [3.8, 4) is 0 Å². The quantitative estimate of drug-likeness (QED) is 0.483. The highest BCUT2D eigenvalue weighted by atomic mass is 127. The Balaban J connectivity index is 0.00000200. The molecule has 0 radical (unpaired) electrons. The van der Waals surface area contributed by atoms with Crippen LogP contribution in [0.5, 0.6) is 0 Å². The maximum Gasteiger partial charge on any atom is 0.194 e. The summed E-state index contributed by atoms with van der Waals surface area (Å²) in [6.45, 7) is 10.3. The Kier molecular flexibility index (Phi) is 6.22. The van der Waals surface area contributed by atoms with Gasteiger partial charge in [0.1, 0.15) is 18.7 Å². The van der Waals surface area contributed by atoms with Gasteiger partial charge in [0, 0.05) is 26.7 Å². The zero-order chi connectivity index (χ0) is 13.9. The minimum absolute atomic E-state index is 0. The number of nitrogens with zero attached hydrogens (tertiary/aromatic N) is 5. The summed E-state index contributed by atoms with van der Waals surface area (Å²) in [6.07, 6.45) is 2.78. The van der Waals surface area contributed by atoms with E-state index in [1.165, 1.54) is 6.42 Å². The molecular formula is C13H25IN6. The van der Waals surface area contributed by atoms with Gasteiger partial charge in [0.05, 0.1) is 0 Å². The van der Waals surface area contributed by atoms with E-state index in [-0.39, 0.29) is 24.0 Å². The van der Waals surface area contributed by atoms with Crippen LogP contribution in [0.4, 0.5) is 0 Å². The first kappa shape index (κ1) is 17.2. The van der Waals surface area contributed by atoms with Gasteiger partial charge in [-0.1, -0.05) is 13.8 Å². The van der Waals surface area contributed by atoms with Crippen molar-refractivity contribution in [2.45, 2.75) is 33.7 Å². The highest BCUT2D eigenvalue weighted by Crippen LogP contribution is 2.28. The van der Waals surface area contributed by atoms with Crippen LogP contribution in [0.3, 0.4) is 0 Å². The van der Waals surface area contributed by atoms with Crippen LogP contribution in [0.2, 0.25) is 0 Å². The number of likely N-dealkylation sites (tertiary alicyclic amines) is 1. The van der Waals surface area contributed by atoms with Crippen LogP contribution in [0, 0.1) is 5.41 Å². The van der Waals surface area contributed by atoms with Gasteiger partial charge in [-0.2, -0.15) is 5.10 Å². The normalized spacial score (nSPS) is 18.0. The molecule has 0 amide bonds. The van der Waals surface area contributed by atoms with Gasteiger partial charge in [0.15, 0.2) is 5.96 Å². The van der Waals surface area contributed by atoms with Crippen LogP contribution in [0.1, 0.15) is 33.0 Å². The van der Waals surface area contributed by atoms with E-state index in [9.17, 15) is 0 Å². The molecule has 20 heavy (non-hydrogen) atoms. The molecule has 1 saturated heterocycles. The van der Waals surface area contributed by atoms with Crippen LogP contribution in [-0.2, 0) is 13.6 Å². The summed E-state index contributed by atoms with van der Waals surface area (Å²) >= 11 is 0. The fourth-order valence-corrected chi connectivity index (χ4v) is 2.33. The molecule has 0 spiro atoms. The number of halogens is 1. The molecule has 1 N–H and O–H groups in total. The van der Waals surface area contributed by atoms with Crippen molar-refractivity contribution < 1.29 is 0 Å². The third-order valence-electron chi connectivity index (χ3n) is 3.49. The summed E-state index contributed by atoms with van der Waals surface area (Å²) in [4.78, 5) is 11.2. The first-order chi connectivity index (χ1) is 9.02. The highest BCUT2D eigenvalue weighted by molar-refractivity contribution is 14.0. The van der Waals surface area contributed by atoms with Gasteiger partial charge < -0.3 is 10.2 Å². The van der Waals surface area contributed by atoms with E-state index in [0.717, 1.165) is 31.4 Å². The Hall–Kier alpha value is -0.860. The summed E-state index contributed by atoms with van der Waals surface area (Å²) in [5, 5.41) is 7.43. The average molecular weight is 392 g/mol. The molecule has 1 aromatic heterocycles. The predicted molar refractivity (Wildman–Crippen MR) is 91.2 cm³/mol. The molecule has 7 heteroatoms. The second kappa shape index (κ2) is 7.24. The molecular weight excluding hydrogens is 367 g/mol. The van der Waals surface area contributed by atoms with Crippen molar-refractivity contribution in [1.82, 2.24) is 25.0 Å². The number of nitrogens with one attached hydrogen (secondary N) is 1. The molecule has 1 aromatic rings. The molecule has 0 aromatic carbocycles. The second-order valence-corrected chi connectivity index (χ2v) is 5.81. The molecule has 2 rings (SSSR count). The van der Waals surface area contributed by atoms with Crippen LogP contribution >= 0.6 is 24.0 Å². The van der Waals surface area contributed by atoms with Crippen molar-refractivity contribution in [2.75, 3.05) is 19.6 Å². The van der Waals surface area contributed by atoms with Gasteiger partial charge in [-0.15, -0.1) is 24.0 Å². The SMILES string of the molecule is CCNC(=NCc1ncnn1C)N1CCC(C)(C)C1.I. The van der Waals surface area contributed by atoms with E-state index in [1.807, 2.05) is 7.05 Å². The third-order valence-corrected chi connectivity index (χ3v) is 3.49. The lowest BCUT2D eigenvalue weighted by molar-refractivity contribution is 0.370. The molecule has 2 heterocycles. The minimum Gasteiger partial charge on any atom is -0.357 e. The lowest BCUT2D eigenvalue weighted by Gasteiger charge is -2.23. The van der Waals surface area contributed by atoms with E-state index in [2.05, 4.69) is 46.1 Å². The van der Waals surface area contributed by atoms with Crippen molar-refractivity contribution in [3.63, 3.8) is 0 Å². The molecule has 1 fully saturated rings. The lowest BCUT2D eigenvalue weighted by atomic mass is 9.93. The van der Waals surface area contributed by atoms with Gasteiger partial charge in [-0.05, 0) is 18.8 Å². The molecule has 0 saturated carbocycles. The molecule has 0 atom stereocenters. The van der Waals surface area contributed by atoms with Crippen molar-refractivity contribution >= 4 is 29.9 Å². The standard InChI is InChI=1S/C13H24N6.HI/c1-5-14-12(19-7-6-13(2,3)9-19)15-8-11-16-10-17-18(11)4;/h10H,5-9H2,1-4H3,(H,14,15);1H. The highest BCUT2D eigenvalue weighted by Gasteiger charge is 2.30. The molecule has 0 aliphatic carbocycles. The molecule has 0 bridgehead atoms. The van der Waals surface area contributed by atoms with E-state index >= 15 is 0 Å². The number of aryl methyl sites for hydroxylation is 1. The van der Waals surface area contributed by atoms with Gasteiger partial charge in [0.2, 0.25) is 0 Å². The van der Waals surface area contributed by atoms with E-state index < -0.39 is 0 Å². The number of hydrogen-bond donors (Lipinski definition) is 1. The number of aromatic nitrogens is 3. The van der Waals surface area contributed by atoms with Gasteiger partial charge in [-0.3, -0.25) is 4.68 Å². The Bertz CT molecular complexity index is 453. The van der Waals surface area contributed by atoms with Gasteiger partial charge in [0.25, 0.3) is 0 Å². The summed E-state index contributed by atoms with van der Waals surface area (Å²) in [6, 6.07) is 0. The van der Waals surface area contributed by atoms with Crippen LogP contribution in [0.15, 0.2) is 11.3 Å². The van der Waals surface area contributed by atoms with Crippen LogP contribution in [-0.4, -0.2) is 45.3 Å². The summed E-state index contributed by atoms with van der Waals surface area (Å²) < 4.78 is 1.76. The van der Waals surface area contributed by atoms with Crippen molar-refractivity contribution in [1.29, 1.82) is 0 Å². The lowest BCUT2D eigenvalue weighted by Crippen LogP contribution is -2.40. The Morgan fingerprint density at radius 3 is 2.75 bits per heavy atom. The van der Waals surface area contributed by atoms with Gasteiger partial charge >= 0.3 is 0 Å². The molecule has 0 unspecified atom stereocenters. The largest absolute Gasteiger partial charge is 0.357 e. The summed E-state index contributed by atoms with van der Waals surface area (Å²) in [5.41, 5.74) is 0.376. The maximum absolute atomic E-state index is 4.67. The molecule has 114 valence electrons. The number of guanidine groups is 1. The first-order valence-electron chi connectivity index (χ1n) is 6.88. The van der Waals surface area contributed by atoms with Crippen LogP contribution in [0.25, 0.3) is 0 Å².